The molecule has 1 heterocycles. The van der Waals surface area contributed by atoms with Crippen LogP contribution >= 0.6 is 0 Å². The average molecular weight is 640 g/mol. The summed E-state index contributed by atoms with van der Waals surface area (Å²) >= 11 is 0. The second kappa shape index (κ2) is 32.1. The van der Waals surface area contributed by atoms with Gasteiger partial charge in [-0.3, -0.25) is 0 Å². The summed E-state index contributed by atoms with van der Waals surface area (Å²) in [7, 11) is 4.30. The van der Waals surface area contributed by atoms with Gasteiger partial charge in [0.15, 0.2) is 5.79 Å². The number of rotatable bonds is 32. The van der Waals surface area contributed by atoms with Crippen molar-refractivity contribution in [2.24, 2.45) is 0 Å². The van der Waals surface area contributed by atoms with Gasteiger partial charge in [-0.15, -0.1) is 0 Å². The van der Waals surface area contributed by atoms with E-state index in [0.717, 1.165) is 58.1 Å². The first-order chi connectivity index (χ1) is 22.6. The van der Waals surface area contributed by atoms with Gasteiger partial charge in [0.1, 0.15) is 0 Å². The van der Waals surface area contributed by atoms with Crippen LogP contribution in [0.2, 0.25) is 0 Å². The average Bonchev–Trinajstić information content (AvgIpc) is 3.46. The van der Waals surface area contributed by atoms with E-state index < -0.39 is 0 Å². The second-order valence-corrected chi connectivity index (χ2v) is 13.8. The lowest BCUT2D eigenvalue weighted by atomic mass is 9.98. The Labute approximate surface area is 288 Å². The molecule has 0 radical (unpaired) electrons. The van der Waals surface area contributed by atoms with Gasteiger partial charge >= 0.3 is 0 Å². The number of hydrogen-bond donors (Lipinski definition) is 0. The van der Waals surface area contributed by atoms with Crippen LogP contribution in [0.4, 0.5) is 0 Å². The molecular formula is C43H77NO2. The molecule has 0 aliphatic carbocycles. The monoisotopic (exact) mass is 640 g/mol. The molecule has 0 aromatic rings. The zero-order valence-corrected chi connectivity index (χ0v) is 31.2. The normalized spacial score (nSPS) is 19.2. The van der Waals surface area contributed by atoms with Gasteiger partial charge in [-0.25, -0.2) is 0 Å². The van der Waals surface area contributed by atoms with Gasteiger partial charge in [-0.2, -0.15) is 0 Å². The molecule has 1 saturated heterocycles. The van der Waals surface area contributed by atoms with Crippen molar-refractivity contribution in [3.05, 3.63) is 60.8 Å². The molecule has 1 rings (SSSR count). The number of ether oxygens (including phenoxy) is 2. The molecule has 3 heteroatoms. The predicted molar refractivity (Wildman–Crippen MR) is 205 cm³/mol. The number of allylic oxidation sites excluding steroid dienone is 10. The minimum absolute atomic E-state index is 0.258. The van der Waals surface area contributed by atoms with Crippen molar-refractivity contribution in [2.75, 3.05) is 27.2 Å². The highest BCUT2D eigenvalue weighted by atomic mass is 16.7. The minimum atomic E-state index is -0.322. The van der Waals surface area contributed by atoms with Gasteiger partial charge in [0.25, 0.3) is 0 Å². The molecule has 1 fully saturated rings. The zero-order chi connectivity index (χ0) is 33.2. The third kappa shape index (κ3) is 26.6. The fourth-order valence-corrected chi connectivity index (χ4v) is 6.12. The molecule has 2 unspecified atom stereocenters. The second-order valence-electron chi connectivity index (χ2n) is 13.8. The highest BCUT2D eigenvalue weighted by molar-refractivity contribution is 4.97. The topological polar surface area (TPSA) is 21.7 Å². The lowest BCUT2D eigenvalue weighted by Crippen LogP contribution is -2.31. The van der Waals surface area contributed by atoms with E-state index in [1.807, 2.05) is 0 Å². The molecule has 266 valence electrons. The first-order valence-corrected chi connectivity index (χ1v) is 19.8. The molecule has 0 bridgehead atoms. The molecule has 0 spiro atoms. The lowest BCUT2D eigenvalue weighted by molar-refractivity contribution is -0.180. The van der Waals surface area contributed by atoms with E-state index in [4.69, 9.17) is 9.47 Å². The molecule has 0 amide bonds. The van der Waals surface area contributed by atoms with Crippen molar-refractivity contribution in [2.45, 2.75) is 186 Å². The number of hydrogen-bond acceptors (Lipinski definition) is 3. The highest BCUT2D eigenvalue weighted by Crippen LogP contribution is 2.35. The maximum atomic E-state index is 6.67. The van der Waals surface area contributed by atoms with Crippen LogP contribution in [-0.4, -0.2) is 44.0 Å². The smallest absolute Gasteiger partial charge is 0.168 e. The molecule has 0 saturated carbocycles. The fourth-order valence-electron chi connectivity index (χ4n) is 6.12. The Bertz CT molecular complexity index is 795. The van der Waals surface area contributed by atoms with Gasteiger partial charge < -0.3 is 14.4 Å². The van der Waals surface area contributed by atoms with Gasteiger partial charge in [-0.05, 0) is 97.6 Å². The third-order valence-corrected chi connectivity index (χ3v) is 9.03. The van der Waals surface area contributed by atoms with E-state index in [2.05, 4.69) is 93.6 Å². The van der Waals surface area contributed by atoms with Crippen LogP contribution in [0.3, 0.4) is 0 Å². The summed E-state index contributed by atoms with van der Waals surface area (Å²) in [4.78, 5) is 2.26. The Kier molecular flexibility index (Phi) is 29.8. The molecular weight excluding hydrogens is 562 g/mol. The van der Waals surface area contributed by atoms with Crippen LogP contribution in [0.5, 0.6) is 0 Å². The molecule has 0 aromatic carbocycles. The summed E-state index contributed by atoms with van der Waals surface area (Å²) in [5, 5.41) is 0. The predicted octanol–water partition coefficient (Wildman–Crippen LogP) is 13.2. The fraction of sp³-hybridized carbons (Fsp3) is 0.767. The molecule has 0 aromatic heterocycles. The summed E-state index contributed by atoms with van der Waals surface area (Å²) < 4.78 is 13.1. The Hall–Kier alpha value is -1.42. The van der Waals surface area contributed by atoms with Crippen LogP contribution in [0, 0.1) is 0 Å². The third-order valence-electron chi connectivity index (χ3n) is 9.03. The van der Waals surface area contributed by atoms with Gasteiger partial charge in [-0.1, -0.05) is 139 Å². The van der Waals surface area contributed by atoms with Crippen LogP contribution in [-0.2, 0) is 9.47 Å². The number of unbranched alkanes of at least 4 members (excludes halogenated alkanes) is 15. The van der Waals surface area contributed by atoms with Gasteiger partial charge in [0.2, 0.25) is 0 Å². The van der Waals surface area contributed by atoms with Crippen LogP contribution in [0.15, 0.2) is 60.8 Å². The van der Waals surface area contributed by atoms with E-state index in [9.17, 15) is 0 Å². The summed E-state index contributed by atoms with van der Waals surface area (Å²) in [6, 6.07) is 0. The maximum Gasteiger partial charge on any atom is 0.168 e. The zero-order valence-electron chi connectivity index (χ0n) is 31.2. The largest absolute Gasteiger partial charge is 0.347 e. The summed E-state index contributed by atoms with van der Waals surface area (Å²) in [5.41, 5.74) is 0. The van der Waals surface area contributed by atoms with E-state index in [1.54, 1.807) is 0 Å². The molecule has 2 atom stereocenters. The van der Waals surface area contributed by atoms with Crippen molar-refractivity contribution in [1.82, 2.24) is 4.90 Å². The van der Waals surface area contributed by atoms with Crippen molar-refractivity contribution < 1.29 is 9.47 Å². The van der Waals surface area contributed by atoms with E-state index in [-0.39, 0.29) is 11.9 Å². The number of nitrogens with zero attached hydrogens (tertiary/aromatic N) is 1. The Morgan fingerprint density at radius 3 is 1.46 bits per heavy atom. The first kappa shape index (κ1) is 42.6. The lowest BCUT2D eigenvalue weighted by Gasteiger charge is -2.29. The minimum Gasteiger partial charge on any atom is -0.347 e. The molecule has 1 aliphatic rings. The maximum absolute atomic E-state index is 6.67. The van der Waals surface area contributed by atoms with Crippen LogP contribution < -0.4 is 0 Å². The van der Waals surface area contributed by atoms with Gasteiger partial charge in [0, 0.05) is 19.4 Å². The van der Waals surface area contributed by atoms with E-state index >= 15 is 0 Å². The Balaban J connectivity index is 2.17. The van der Waals surface area contributed by atoms with Crippen molar-refractivity contribution in [1.29, 1.82) is 0 Å². The van der Waals surface area contributed by atoms with Crippen molar-refractivity contribution in [3.63, 3.8) is 0 Å². The quantitative estimate of drug-likeness (QED) is 0.0540. The Morgan fingerprint density at radius 2 is 0.978 bits per heavy atom. The summed E-state index contributed by atoms with van der Waals surface area (Å²) in [6.07, 6.45) is 54.4. The molecule has 3 nitrogen and oxygen atoms in total. The molecule has 1 aliphatic heterocycles. The summed E-state index contributed by atoms with van der Waals surface area (Å²) in [5.74, 6) is -0.322. The van der Waals surface area contributed by atoms with Crippen molar-refractivity contribution >= 4 is 0 Å². The van der Waals surface area contributed by atoms with Crippen molar-refractivity contribution in [3.8, 4) is 0 Å². The van der Waals surface area contributed by atoms with E-state index in [1.165, 1.54) is 116 Å². The Morgan fingerprint density at radius 1 is 0.543 bits per heavy atom. The van der Waals surface area contributed by atoms with E-state index in [0.29, 0.717) is 0 Å². The molecule has 46 heavy (non-hydrogen) atoms. The van der Waals surface area contributed by atoms with Crippen LogP contribution in [0.25, 0.3) is 0 Å². The first-order valence-electron chi connectivity index (χ1n) is 19.8. The SMILES string of the molecule is CCC=CCC=CCC=CCCCCCCCCC1(CCCCCCCCC=CCC=CCCCCC)OCC(CCN(C)C)O1. The standard InChI is InChI=1S/C43H77NO2/c1-5-7-9-11-13-15-17-19-21-23-25-27-29-31-33-35-38-43(45-41-42(46-43)37-40-44(3)4)39-36-34-32-30-28-26-24-22-20-18-16-14-12-10-8-6-2/h7,9,13-16,19-22,42H,5-6,8,10-12,17-18,23-41H2,1-4H3. The molecule has 0 N–H and O–H groups in total. The summed E-state index contributed by atoms with van der Waals surface area (Å²) in [6.45, 7) is 6.29. The van der Waals surface area contributed by atoms with Crippen LogP contribution in [0.1, 0.15) is 174 Å². The highest BCUT2D eigenvalue weighted by Gasteiger charge is 2.40. The van der Waals surface area contributed by atoms with Gasteiger partial charge in [0.05, 0.1) is 12.7 Å².